The number of likely N-dealkylation sites (tertiary alicyclic amines) is 1. The second-order valence-electron chi connectivity index (χ2n) is 7.93. The number of guanidine groups is 1. The molecule has 0 bridgehead atoms. The van der Waals surface area contributed by atoms with Crippen LogP contribution in [0, 0.1) is 0 Å². The van der Waals surface area contributed by atoms with Gasteiger partial charge in [-0.1, -0.05) is 26.0 Å². The summed E-state index contributed by atoms with van der Waals surface area (Å²) in [4.78, 5) is 12.0. The maximum Gasteiger partial charge on any atom is 0.191 e. The molecule has 1 saturated heterocycles. The van der Waals surface area contributed by atoms with Crippen LogP contribution in [0.1, 0.15) is 61.8 Å². The molecule has 1 fully saturated rings. The summed E-state index contributed by atoms with van der Waals surface area (Å²) in [6, 6.07) is 8.76. The lowest BCUT2D eigenvalue weighted by Gasteiger charge is -2.29. The normalized spacial score (nSPS) is 16.1. The van der Waals surface area contributed by atoms with Crippen LogP contribution < -0.4 is 15.4 Å². The van der Waals surface area contributed by atoms with Crippen LogP contribution in [-0.2, 0) is 6.54 Å². The van der Waals surface area contributed by atoms with Crippen molar-refractivity contribution in [3.05, 3.63) is 45.9 Å². The average Bonchev–Trinajstić information content (AvgIpc) is 3.45. The molecule has 2 N–H and O–H groups in total. The van der Waals surface area contributed by atoms with Crippen molar-refractivity contribution in [3.8, 4) is 5.75 Å². The Labute approximate surface area is 184 Å². The zero-order valence-corrected chi connectivity index (χ0v) is 19.5. The van der Waals surface area contributed by atoms with E-state index in [1.807, 2.05) is 12.1 Å². The molecule has 7 heteroatoms. The van der Waals surface area contributed by atoms with E-state index in [0.29, 0.717) is 18.5 Å². The smallest absolute Gasteiger partial charge is 0.191 e. The molecule has 0 radical (unpaired) electrons. The molecule has 2 aromatic rings. The Kier molecular flexibility index (Phi) is 8.51. The van der Waals surface area contributed by atoms with Gasteiger partial charge < -0.3 is 15.4 Å². The van der Waals surface area contributed by atoms with E-state index in [-0.39, 0.29) is 0 Å². The topological polar surface area (TPSA) is 61.8 Å². The molecular weight excluding hydrogens is 394 g/mol. The number of hydrogen-bond donors (Lipinski definition) is 2. The molecule has 1 unspecified atom stereocenters. The number of aromatic nitrogens is 1. The van der Waals surface area contributed by atoms with Crippen LogP contribution in [0.2, 0.25) is 0 Å². The van der Waals surface area contributed by atoms with Gasteiger partial charge in [-0.05, 0) is 56.5 Å². The first kappa shape index (κ1) is 22.6. The maximum atomic E-state index is 5.33. The first-order valence-corrected chi connectivity index (χ1v) is 11.8. The number of hydrogen-bond acceptors (Lipinski definition) is 5. The number of rotatable bonds is 9. The zero-order valence-electron chi connectivity index (χ0n) is 18.6. The molecule has 1 aromatic carbocycles. The highest BCUT2D eigenvalue weighted by molar-refractivity contribution is 7.09. The molecule has 1 aliphatic heterocycles. The summed E-state index contributed by atoms with van der Waals surface area (Å²) in [6.07, 6.45) is 2.53. The van der Waals surface area contributed by atoms with E-state index in [1.54, 1.807) is 18.4 Å². The van der Waals surface area contributed by atoms with Gasteiger partial charge >= 0.3 is 0 Å². The Hall–Kier alpha value is -2.12. The molecule has 164 valence electrons. The second-order valence-corrected chi connectivity index (χ2v) is 8.87. The van der Waals surface area contributed by atoms with Crippen LogP contribution in [0.25, 0.3) is 0 Å². The molecule has 2 heterocycles. The first-order valence-electron chi connectivity index (χ1n) is 10.9. The second kappa shape index (κ2) is 11.3. The van der Waals surface area contributed by atoms with Gasteiger partial charge in [-0.15, -0.1) is 11.3 Å². The molecule has 1 aliphatic rings. The monoisotopic (exact) mass is 429 g/mol. The third-order valence-electron chi connectivity index (χ3n) is 5.42. The van der Waals surface area contributed by atoms with Gasteiger partial charge in [0, 0.05) is 18.5 Å². The number of nitrogens with zero attached hydrogens (tertiary/aromatic N) is 3. The molecule has 0 saturated carbocycles. The fraction of sp³-hybridized carbons (Fsp3) is 0.565. The van der Waals surface area contributed by atoms with Crippen LogP contribution in [0.4, 0.5) is 0 Å². The lowest BCUT2D eigenvalue weighted by molar-refractivity contribution is 0.245. The van der Waals surface area contributed by atoms with Gasteiger partial charge in [-0.25, -0.2) is 9.98 Å². The highest BCUT2D eigenvalue weighted by Gasteiger charge is 2.23. The SMILES string of the molecule is CCNC(=NCc1nc(C(C)C)cs1)NCC(c1ccc(OC)cc1)N1CCCC1. The average molecular weight is 430 g/mol. The fourth-order valence-electron chi connectivity index (χ4n) is 3.68. The third-order valence-corrected chi connectivity index (χ3v) is 6.27. The molecule has 0 spiro atoms. The van der Waals surface area contributed by atoms with E-state index in [2.05, 4.69) is 53.8 Å². The van der Waals surface area contributed by atoms with Crippen molar-refractivity contribution in [1.29, 1.82) is 0 Å². The summed E-state index contributed by atoms with van der Waals surface area (Å²) >= 11 is 1.69. The van der Waals surface area contributed by atoms with Crippen LogP contribution in [0.3, 0.4) is 0 Å². The molecule has 0 aliphatic carbocycles. The molecule has 6 nitrogen and oxygen atoms in total. The molecule has 0 amide bonds. The van der Waals surface area contributed by atoms with Gasteiger partial charge in [-0.2, -0.15) is 0 Å². The first-order chi connectivity index (χ1) is 14.6. The number of benzene rings is 1. The molecular formula is C23H35N5OS. The van der Waals surface area contributed by atoms with Gasteiger partial charge in [0.15, 0.2) is 5.96 Å². The van der Waals surface area contributed by atoms with E-state index in [4.69, 9.17) is 14.7 Å². The van der Waals surface area contributed by atoms with Crippen molar-refractivity contribution in [2.75, 3.05) is 33.3 Å². The summed E-state index contributed by atoms with van der Waals surface area (Å²) in [6.45, 7) is 11.0. The number of ether oxygens (including phenoxy) is 1. The van der Waals surface area contributed by atoms with E-state index in [1.165, 1.54) is 18.4 Å². The van der Waals surface area contributed by atoms with Crippen LogP contribution in [-0.4, -0.2) is 49.1 Å². The Bertz CT molecular complexity index is 796. The number of nitrogens with one attached hydrogen (secondary N) is 2. The van der Waals surface area contributed by atoms with Gasteiger partial charge in [0.05, 0.1) is 25.4 Å². The Balaban J connectivity index is 1.68. The summed E-state index contributed by atoms with van der Waals surface area (Å²) in [5.41, 5.74) is 2.46. The standard InChI is InChI=1S/C23H35N5OS/c1-5-24-23(26-15-22-27-20(16-30-22)17(2)3)25-14-21(28-12-6-7-13-28)18-8-10-19(29-4)11-9-18/h8-11,16-17,21H,5-7,12-15H2,1-4H3,(H2,24,25,26). The minimum atomic E-state index is 0.315. The molecule has 1 aromatic heterocycles. The highest BCUT2D eigenvalue weighted by Crippen LogP contribution is 2.26. The van der Waals surface area contributed by atoms with Crippen LogP contribution in [0.5, 0.6) is 5.75 Å². The van der Waals surface area contributed by atoms with Crippen molar-refractivity contribution in [3.63, 3.8) is 0 Å². The number of methoxy groups -OCH3 is 1. The minimum absolute atomic E-state index is 0.315. The molecule has 3 rings (SSSR count). The van der Waals surface area contributed by atoms with Crippen molar-refractivity contribution in [2.24, 2.45) is 4.99 Å². The van der Waals surface area contributed by atoms with Crippen molar-refractivity contribution < 1.29 is 4.74 Å². The van der Waals surface area contributed by atoms with Crippen molar-refractivity contribution in [1.82, 2.24) is 20.5 Å². The summed E-state index contributed by atoms with van der Waals surface area (Å²) < 4.78 is 5.33. The summed E-state index contributed by atoms with van der Waals surface area (Å²) in [7, 11) is 1.71. The summed E-state index contributed by atoms with van der Waals surface area (Å²) in [5.74, 6) is 2.19. The Morgan fingerprint density at radius 1 is 1.20 bits per heavy atom. The molecule has 30 heavy (non-hydrogen) atoms. The highest BCUT2D eigenvalue weighted by atomic mass is 32.1. The fourth-order valence-corrected chi connectivity index (χ4v) is 4.56. The van der Waals surface area contributed by atoms with Gasteiger partial charge in [0.1, 0.15) is 10.8 Å². The van der Waals surface area contributed by atoms with E-state index >= 15 is 0 Å². The van der Waals surface area contributed by atoms with Crippen molar-refractivity contribution >= 4 is 17.3 Å². The van der Waals surface area contributed by atoms with Gasteiger partial charge in [-0.3, -0.25) is 4.90 Å². The van der Waals surface area contributed by atoms with E-state index in [0.717, 1.165) is 48.6 Å². The quantitative estimate of drug-likeness (QED) is 0.463. The lowest BCUT2D eigenvalue weighted by Crippen LogP contribution is -2.42. The largest absolute Gasteiger partial charge is 0.497 e. The van der Waals surface area contributed by atoms with Gasteiger partial charge in [0.25, 0.3) is 0 Å². The molecule has 1 atom stereocenters. The zero-order chi connectivity index (χ0) is 21.3. The van der Waals surface area contributed by atoms with E-state index in [9.17, 15) is 0 Å². The van der Waals surface area contributed by atoms with Crippen molar-refractivity contribution in [2.45, 2.75) is 52.1 Å². The van der Waals surface area contributed by atoms with Crippen LogP contribution in [0.15, 0.2) is 34.6 Å². The number of thiazole rings is 1. The maximum absolute atomic E-state index is 5.33. The predicted molar refractivity (Wildman–Crippen MR) is 126 cm³/mol. The Morgan fingerprint density at radius 3 is 2.53 bits per heavy atom. The lowest BCUT2D eigenvalue weighted by atomic mass is 10.1. The minimum Gasteiger partial charge on any atom is -0.497 e. The third kappa shape index (κ3) is 6.19. The van der Waals surface area contributed by atoms with E-state index < -0.39 is 0 Å². The van der Waals surface area contributed by atoms with Crippen LogP contribution >= 0.6 is 11.3 Å². The van der Waals surface area contributed by atoms with Gasteiger partial charge in [0.2, 0.25) is 0 Å². The Morgan fingerprint density at radius 2 is 1.93 bits per heavy atom. The summed E-state index contributed by atoms with van der Waals surface area (Å²) in [5, 5.41) is 10.1. The predicted octanol–water partition coefficient (Wildman–Crippen LogP) is 4.17. The number of aliphatic imine (C=N–C) groups is 1.